The smallest absolute Gasteiger partial charge is 0.305 e. The second-order valence-electron chi connectivity index (χ2n) is 6.54. The van der Waals surface area contributed by atoms with Gasteiger partial charge in [-0.25, -0.2) is 9.37 Å². The molecule has 11 heteroatoms. The molecule has 3 aromatic rings. The van der Waals surface area contributed by atoms with Crippen LogP contribution in [0.15, 0.2) is 54.6 Å². The molecule has 1 heterocycles. The van der Waals surface area contributed by atoms with Crippen LogP contribution in [0.25, 0.3) is 0 Å². The van der Waals surface area contributed by atoms with E-state index in [-0.39, 0.29) is 17.1 Å². The molecule has 164 valence electrons. The number of nitro groups is 1. The standard InChI is InChI=1S/C22H14FN5O5/c1-13(22(29)27-21-7-6-20(28(30)31)19(12-25)26-21)32-16-2-4-17(5-3-16)33-18-9-14(11-24)8-15(23)10-18/h2-10,13H,1H3,(H,26,27,29). The van der Waals surface area contributed by atoms with Gasteiger partial charge in [-0.2, -0.15) is 10.5 Å². The predicted molar refractivity (Wildman–Crippen MR) is 112 cm³/mol. The Labute approximate surface area is 186 Å². The lowest BCUT2D eigenvalue weighted by Crippen LogP contribution is -2.30. The van der Waals surface area contributed by atoms with Gasteiger partial charge in [-0.3, -0.25) is 14.9 Å². The van der Waals surface area contributed by atoms with E-state index in [0.29, 0.717) is 11.5 Å². The van der Waals surface area contributed by atoms with Crippen molar-refractivity contribution in [2.24, 2.45) is 0 Å². The minimum absolute atomic E-state index is 0.0341. The molecule has 0 bridgehead atoms. The van der Waals surface area contributed by atoms with Crippen LogP contribution < -0.4 is 14.8 Å². The van der Waals surface area contributed by atoms with Gasteiger partial charge in [0.15, 0.2) is 6.10 Å². The first kappa shape index (κ1) is 22.7. The molecule has 1 unspecified atom stereocenters. The number of pyridine rings is 1. The van der Waals surface area contributed by atoms with Crippen LogP contribution in [-0.4, -0.2) is 21.9 Å². The van der Waals surface area contributed by atoms with Crippen molar-refractivity contribution in [3.8, 4) is 29.4 Å². The van der Waals surface area contributed by atoms with E-state index in [1.807, 2.05) is 6.07 Å². The normalized spacial score (nSPS) is 10.9. The molecule has 3 rings (SSSR count). The minimum Gasteiger partial charge on any atom is -0.481 e. The first-order chi connectivity index (χ1) is 15.8. The summed E-state index contributed by atoms with van der Waals surface area (Å²) in [5, 5.41) is 31.2. The number of anilines is 1. The summed E-state index contributed by atoms with van der Waals surface area (Å²) >= 11 is 0. The molecule has 33 heavy (non-hydrogen) atoms. The number of amides is 1. The molecule has 1 atom stereocenters. The maximum Gasteiger partial charge on any atom is 0.305 e. The Morgan fingerprint density at radius 2 is 1.79 bits per heavy atom. The molecule has 1 amide bonds. The number of carbonyl (C=O) groups is 1. The summed E-state index contributed by atoms with van der Waals surface area (Å²) < 4.78 is 24.6. The number of hydrogen-bond donors (Lipinski definition) is 1. The Morgan fingerprint density at radius 1 is 1.09 bits per heavy atom. The van der Waals surface area contributed by atoms with Gasteiger partial charge >= 0.3 is 5.69 Å². The Balaban J connectivity index is 1.62. The van der Waals surface area contributed by atoms with E-state index in [1.165, 1.54) is 43.3 Å². The van der Waals surface area contributed by atoms with Crippen LogP contribution in [0.5, 0.6) is 17.2 Å². The first-order valence-electron chi connectivity index (χ1n) is 9.30. The molecule has 0 saturated carbocycles. The molecule has 0 radical (unpaired) electrons. The zero-order valence-corrected chi connectivity index (χ0v) is 17.0. The van der Waals surface area contributed by atoms with Crippen LogP contribution in [0.3, 0.4) is 0 Å². The maximum absolute atomic E-state index is 13.5. The SMILES string of the molecule is CC(Oc1ccc(Oc2cc(F)cc(C#N)c2)cc1)C(=O)Nc1ccc([N+](=O)[O-])c(C#N)n1. The van der Waals surface area contributed by atoms with Crippen LogP contribution in [0.2, 0.25) is 0 Å². The van der Waals surface area contributed by atoms with Crippen molar-refractivity contribution in [1.82, 2.24) is 4.98 Å². The van der Waals surface area contributed by atoms with Crippen molar-refractivity contribution >= 4 is 17.4 Å². The van der Waals surface area contributed by atoms with Crippen LogP contribution in [0, 0.1) is 38.6 Å². The average Bonchev–Trinajstić information content (AvgIpc) is 2.79. The molecule has 1 aromatic heterocycles. The van der Waals surface area contributed by atoms with E-state index in [9.17, 15) is 19.3 Å². The van der Waals surface area contributed by atoms with E-state index in [1.54, 1.807) is 6.07 Å². The Kier molecular flexibility index (Phi) is 6.76. The van der Waals surface area contributed by atoms with Gasteiger partial charge in [-0.05, 0) is 49.4 Å². The Bertz CT molecular complexity index is 1300. The summed E-state index contributed by atoms with van der Waals surface area (Å²) in [6.07, 6.45) is -0.972. The fourth-order valence-corrected chi connectivity index (χ4v) is 2.65. The molecule has 0 aliphatic rings. The maximum atomic E-state index is 13.5. The van der Waals surface area contributed by atoms with E-state index in [0.717, 1.165) is 18.2 Å². The van der Waals surface area contributed by atoms with Gasteiger partial charge in [-0.15, -0.1) is 0 Å². The summed E-state index contributed by atoms with van der Waals surface area (Å²) in [6.45, 7) is 1.48. The molecule has 10 nitrogen and oxygen atoms in total. The lowest BCUT2D eigenvalue weighted by molar-refractivity contribution is -0.385. The minimum atomic E-state index is -0.972. The van der Waals surface area contributed by atoms with Gasteiger partial charge in [0.25, 0.3) is 5.91 Å². The highest BCUT2D eigenvalue weighted by Gasteiger charge is 2.19. The molecule has 2 aromatic carbocycles. The van der Waals surface area contributed by atoms with Crippen molar-refractivity contribution in [3.05, 3.63) is 81.8 Å². The highest BCUT2D eigenvalue weighted by molar-refractivity contribution is 5.93. The number of aromatic nitrogens is 1. The van der Waals surface area contributed by atoms with Crippen LogP contribution in [0.4, 0.5) is 15.9 Å². The number of hydrogen-bond acceptors (Lipinski definition) is 8. The number of ether oxygens (including phenoxy) is 2. The van der Waals surface area contributed by atoms with Crippen molar-refractivity contribution in [2.45, 2.75) is 13.0 Å². The van der Waals surface area contributed by atoms with Gasteiger partial charge in [-0.1, -0.05) is 0 Å². The van der Waals surface area contributed by atoms with Crippen molar-refractivity contribution < 1.29 is 23.6 Å². The van der Waals surface area contributed by atoms with Crippen LogP contribution in [0.1, 0.15) is 18.2 Å². The zero-order valence-electron chi connectivity index (χ0n) is 17.0. The monoisotopic (exact) mass is 447 g/mol. The third-order valence-corrected chi connectivity index (χ3v) is 4.17. The topological polar surface area (TPSA) is 151 Å². The molecule has 0 spiro atoms. The van der Waals surface area contributed by atoms with E-state index >= 15 is 0 Å². The number of nitriles is 2. The van der Waals surface area contributed by atoms with Crippen molar-refractivity contribution in [3.63, 3.8) is 0 Å². The van der Waals surface area contributed by atoms with Gasteiger partial charge in [0.05, 0.1) is 16.6 Å². The summed E-state index contributed by atoms with van der Waals surface area (Å²) in [5.74, 6) is -0.393. The zero-order chi connectivity index (χ0) is 24.0. The second kappa shape index (κ2) is 9.85. The van der Waals surface area contributed by atoms with Gasteiger partial charge in [0.2, 0.25) is 5.69 Å². The second-order valence-corrected chi connectivity index (χ2v) is 6.54. The fraction of sp³-hybridized carbons (Fsp3) is 0.0909. The summed E-state index contributed by atoms with van der Waals surface area (Å²) in [6, 6.07) is 15.5. The highest BCUT2D eigenvalue weighted by Crippen LogP contribution is 2.26. The number of carbonyl (C=O) groups excluding carboxylic acids is 1. The molecule has 0 aliphatic carbocycles. The fourth-order valence-electron chi connectivity index (χ4n) is 2.65. The van der Waals surface area contributed by atoms with E-state index < -0.39 is 34.1 Å². The summed E-state index contributed by atoms with van der Waals surface area (Å²) in [7, 11) is 0. The third kappa shape index (κ3) is 5.77. The van der Waals surface area contributed by atoms with Crippen LogP contribution in [-0.2, 0) is 4.79 Å². The molecule has 0 fully saturated rings. The first-order valence-corrected chi connectivity index (χ1v) is 9.30. The molecular weight excluding hydrogens is 433 g/mol. The average molecular weight is 447 g/mol. The summed E-state index contributed by atoms with van der Waals surface area (Å²) in [5.41, 5.74) is -0.777. The van der Waals surface area contributed by atoms with Gasteiger partial charge in [0, 0.05) is 12.1 Å². The molecule has 0 saturated heterocycles. The van der Waals surface area contributed by atoms with E-state index in [4.69, 9.17) is 20.0 Å². The lowest BCUT2D eigenvalue weighted by Gasteiger charge is -2.15. The number of benzene rings is 2. The predicted octanol–water partition coefficient (Wildman–Crippen LogP) is 4.07. The number of rotatable bonds is 7. The van der Waals surface area contributed by atoms with Crippen molar-refractivity contribution in [1.29, 1.82) is 10.5 Å². The van der Waals surface area contributed by atoms with Gasteiger partial charge in [0.1, 0.15) is 35.0 Å². The van der Waals surface area contributed by atoms with E-state index in [2.05, 4.69) is 10.3 Å². The Hall–Kier alpha value is -5.03. The molecule has 0 aliphatic heterocycles. The number of halogens is 1. The third-order valence-electron chi connectivity index (χ3n) is 4.17. The van der Waals surface area contributed by atoms with Gasteiger partial charge < -0.3 is 14.8 Å². The largest absolute Gasteiger partial charge is 0.481 e. The molecular formula is C22H14FN5O5. The molecule has 1 N–H and O–H groups in total. The number of nitrogens with zero attached hydrogens (tertiary/aromatic N) is 4. The Morgan fingerprint density at radius 3 is 2.42 bits per heavy atom. The highest BCUT2D eigenvalue weighted by atomic mass is 19.1. The lowest BCUT2D eigenvalue weighted by atomic mass is 10.2. The van der Waals surface area contributed by atoms with Crippen LogP contribution >= 0.6 is 0 Å². The van der Waals surface area contributed by atoms with Crippen molar-refractivity contribution in [2.75, 3.05) is 5.32 Å². The number of nitrogens with one attached hydrogen (secondary N) is 1. The summed E-state index contributed by atoms with van der Waals surface area (Å²) in [4.78, 5) is 26.2. The quantitative estimate of drug-likeness (QED) is 0.420.